The second kappa shape index (κ2) is 8.75. The van der Waals surface area contributed by atoms with E-state index in [4.69, 9.17) is 16.3 Å². The van der Waals surface area contributed by atoms with Crippen LogP contribution in [0.15, 0.2) is 71.6 Å². The molecule has 0 amide bonds. The van der Waals surface area contributed by atoms with Crippen LogP contribution in [0.3, 0.4) is 0 Å². The summed E-state index contributed by atoms with van der Waals surface area (Å²) in [5, 5.41) is 9.39. The van der Waals surface area contributed by atoms with Gasteiger partial charge in [0.25, 0.3) is 10.0 Å². The van der Waals surface area contributed by atoms with Crippen LogP contribution in [-0.2, 0) is 10.0 Å². The van der Waals surface area contributed by atoms with Gasteiger partial charge in [-0.3, -0.25) is 4.72 Å². The standard InChI is InChI=1S/C20H12ClF3N2O4S/c21-18-5-2-6-19(17(18)12-25)29-14-7-9-16(10-8-14)31(27,28)26-13-3-1-4-15(11-13)30-20(22,23)24/h1-11,26H. The molecule has 31 heavy (non-hydrogen) atoms. The van der Waals surface area contributed by atoms with Crippen molar-refractivity contribution >= 4 is 27.3 Å². The van der Waals surface area contributed by atoms with Crippen LogP contribution in [0.25, 0.3) is 0 Å². The highest BCUT2D eigenvalue weighted by Gasteiger charge is 2.31. The van der Waals surface area contributed by atoms with Crippen LogP contribution in [-0.4, -0.2) is 14.8 Å². The number of alkyl halides is 3. The summed E-state index contributed by atoms with van der Waals surface area (Å²) < 4.78 is 73.6. The van der Waals surface area contributed by atoms with Crippen molar-refractivity contribution in [3.63, 3.8) is 0 Å². The van der Waals surface area contributed by atoms with E-state index in [2.05, 4.69) is 9.46 Å². The summed E-state index contributed by atoms with van der Waals surface area (Å²) in [6.07, 6.45) is -4.90. The van der Waals surface area contributed by atoms with Gasteiger partial charge in [0.15, 0.2) is 0 Å². The molecule has 0 radical (unpaired) electrons. The number of nitrogens with one attached hydrogen (secondary N) is 1. The second-order valence-electron chi connectivity index (χ2n) is 5.98. The van der Waals surface area contributed by atoms with Crippen LogP contribution in [0.5, 0.6) is 17.2 Å². The molecular formula is C20H12ClF3N2O4S. The number of hydrogen-bond donors (Lipinski definition) is 1. The molecule has 6 nitrogen and oxygen atoms in total. The number of hydrogen-bond acceptors (Lipinski definition) is 5. The first-order chi connectivity index (χ1) is 14.6. The fourth-order valence-corrected chi connectivity index (χ4v) is 3.74. The van der Waals surface area contributed by atoms with E-state index in [1.807, 2.05) is 6.07 Å². The maximum absolute atomic E-state index is 12.5. The van der Waals surface area contributed by atoms with Crippen LogP contribution in [0.4, 0.5) is 18.9 Å². The number of nitrogens with zero attached hydrogens (tertiary/aromatic N) is 1. The molecule has 0 fully saturated rings. The Kier molecular flexibility index (Phi) is 6.29. The third-order valence-corrected chi connectivity index (χ3v) is 5.48. The lowest BCUT2D eigenvalue weighted by Gasteiger charge is -2.12. The number of anilines is 1. The molecule has 3 aromatic rings. The Balaban J connectivity index is 1.77. The minimum absolute atomic E-state index is 0.111. The van der Waals surface area contributed by atoms with Gasteiger partial charge in [-0.05, 0) is 48.5 Å². The van der Waals surface area contributed by atoms with E-state index >= 15 is 0 Å². The zero-order valence-corrected chi connectivity index (χ0v) is 16.9. The zero-order valence-electron chi connectivity index (χ0n) is 15.4. The van der Waals surface area contributed by atoms with E-state index in [1.54, 1.807) is 6.07 Å². The van der Waals surface area contributed by atoms with E-state index in [1.165, 1.54) is 48.5 Å². The lowest BCUT2D eigenvalue weighted by molar-refractivity contribution is -0.274. The molecule has 0 atom stereocenters. The Morgan fingerprint density at radius 3 is 2.29 bits per heavy atom. The van der Waals surface area contributed by atoms with Crippen molar-refractivity contribution < 1.29 is 31.1 Å². The smallest absolute Gasteiger partial charge is 0.456 e. The van der Waals surface area contributed by atoms with Crippen LogP contribution < -0.4 is 14.2 Å². The Morgan fingerprint density at radius 1 is 0.968 bits per heavy atom. The number of rotatable bonds is 6. The molecule has 0 saturated carbocycles. The molecule has 0 aliphatic rings. The molecule has 0 unspecified atom stereocenters. The summed E-state index contributed by atoms with van der Waals surface area (Å²) in [6, 6.07) is 16.2. The van der Waals surface area contributed by atoms with E-state index in [0.29, 0.717) is 0 Å². The summed E-state index contributed by atoms with van der Waals surface area (Å²) >= 11 is 5.94. The average Bonchev–Trinajstić information content (AvgIpc) is 2.67. The number of benzene rings is 3. The first kappa shape index (κ1) is 22.3. The van der Waals surface area contributed by atoms with Gasteiger partial charge in [0.2, 0.25) is 0 Å². The number of ether oxygens (including phenoxy) is 2. The highest BCUT2D eigenvalue weighted by atomic mass is 35.5. The molecular weight excluding hydrogens is 457 g/mol. The fourth-order valence-electron chi connectivity index (χ4n) is 2.48. The molecule has 0 spiro atoms. The maximum Gasteiger partial charge on any atom is 0.573 e. The fraction of sp³-hybridized carbons (Fsp3) is 0.0500. The third kappa shape index (κ3) is 5.81. The van der Waals surface area contributed by atoms with Crippen molar-refractivity contribution in [1.82, 2.24) is 0 Å². The Morgan fingerprint density at radius 2 is 1.65 bits per heavy atom. The van der Waals surface area contributed by atoms with E-state index < -0.39 is 22.1 Å². The number of halogens is 4. The molecule has 0 aromatic heterocycles. The predicted molar refractivity (Wildman–Crippen MR) is 107 cm³/mol. The van der Waals surface area contributed by atoms with Crippen LogP contribution >= 0.6 is 11.6 Å². The summed E-state index contributed by atoms with van der Waals surface area (Å²) in [7, 11) is -4.10. The summed E-state index contributed by atoms with van der Waals surface area (Å²) in [4.78, 5) is -0.159. The lowest BCUT2D eigenvalue weighted by atomic mass is 10.2. The van der Waals surface area contributed by atoms with Gasteiger partial charge in [0, 0.05) is 6.07 Å². The quantitative estimate of drug-likeness (QED) is 0.501. The molecule has 3 rings (SSSR count). The normalized spacial score (nSPS) is 11.5. The topological polar surface area (TPSA) is 88.4 Å². The Bertz CT molecular complexity index is 1240. The van der Waals surface area contributed by atoms with Crippen molar-refractivity contribution in [2.75, 3.05) is 4.72 Å². The molecule has 0 bridgehead atoms. The first-order valence-corrected chi connectivity index (χ1v) is 10.3. The average molecular weight is 469 g/mol. The predicted octanol–water partition coefficient (Wildman–Crippen LogP) is 5.70. The Labute approximate surface area is 180 Å². The van der Waals surface area contributed by atoms with Gasteiger partial charge in [-0.2, -0.15) is 5.26 Å². The van der Waals surface area contributed by atoms with Crippen LogP contribution in [0.2, 0.25) is 5.02 Å². The van der Waals surface area contributed by atoms with Gasteiger partial charge in [0.05, 0.1) is 15.6 Å². The van der Waals surface area contributed by atoms with E-state index in [-0.39, 0.29) is 32.7 Å². The van der Waals surface area contributed by atoms with Crippen LogP contribution in [0, 0.1) is 11.3 Å². The number of nitriles is 1. The molecule has 0 aliphatic carbocycles. The largest absolute Gasteiger partial charge is 0.573 e. The summed E-state index contributed by atoms with van der Waals surface area (Å²) in [5.41, 5.74) is 0.0168. The molecule has 0 heterocycles. The molecule has 1 N–H and O–H groups in total. The molecule has 0 saturated heterocycles. The summed E-state index contributed by atoms with van der Waals surface area (Å²) in [5.74, 6) is -0.116. The lowest BCUT2D eigenvalue weighted by Crippen LogP contribution is -2.17. The Hall–Kier alpha value is -3.42. The molecule has 160 valence electrons. The highest BCUT2D eigenvalue weighted by Crippen LogP contribution is 2.31. The maximum atomic E-state index is 12.5. The van der Waals surface area contributed by atoms with Gasteiger partial charge in [-0.15, -0.1) is 13.2 Å². The molecule has 11 heteroatoms. The molecule has 3 aromatic carbocycles. The first-order valence-electron chi connectivity index (χ1n) is 8.42. The van der Waals surface area contributed by atoms with Gasteiger partial charge in [-0.1, -0.05) is 23.7 Å². The van der Waals surface area contributed by atoms with Gasteiger partial charge in [-0.25, -0.2) is 8.42 Å². The minimum atomic E-state index is -4.90. The van der Waals surface area contributed by atoms with E-state index in [0.717, 1.165) is 12.1 Å². The zero-order chi connectivity index (χ0) is 22.6. The van der Waals surface area contributed by atoms with Gasteiger partial charge < -0.3 is 9.47 Å². The van der Waals surface area contributed by atoms with Crippen molar-refractivity contribution in [3.05, 3.63) is 77.3 Å². The van der Waals surface area contributed by atoms with E-state index in [9.17, 15) is 26.9 Å². The van der Waals surface area contributed by atoms with Crippen molar-refractivity contribution in [2.24, 2.45) is 0 Å². The van der Waals surface area contributed by atoms with Crippen LogP contribution in [0.1, 0.15) is 5.56 Å². The summed E-state index contributed by atoms with van der Waals surface area (Å²) in [6.45, 7) is 0. The number of sulfonamides is 1. The van der Waals surface area contributed by atoms with Crippen molar-refractivity contribution in [2.45, 2.75) is 11.3 Å². The van der Waals surface area contributed by atoms with Gasteiger partial charge in [0.1, 0.15) is 28.9 Å². The molecule has 0 aliphatic heterocycles. The van der Waals surface area contributed by atoms with Crippen molar-refractivity contribution in [3.8, 4) is 23.3 Å². The second-order valence-corrected chi connectivity index (χ2v) is 8.07. The monoisotopic (exact) mass is 468 g/mol. The SMILES string of the molecule is N#Cc1c(Cl)cccc1Oc1ccc(S(=O)(=O)Nc2cccc(OC(F)(F)F)c2)cc1. The van der Waals surface area contributed by atoms with Crippen molar-refractivity contribution in [1.29, 1.82) is 5.26 Å². The van der Waals surface area contributed by atoms with Gasteiger partial charge >= 0.3 is 6.36 Å². The minimum Gasteiger partial charge on any atom is -0.456 e. The highest BCUT2D eigenvalue weighted by molar-refractivity contribution is 7.92. The third-order valence-electron chi connectivity index (χ3n) is 3.77.